The van der Waals surface area contributed by atoms with Crippen molar-refractivity contribution in [2.75, 3.05) is 0 Å². The summed E-state index contributed by atoms with van der Waals surface area (Å²) in [5.74, 6) is 0. The molecule has 0 radical (unpaired) electrons. The first kappa shape index (κ1) is 10.6. The van der Waals surface area contributed by atoms with E-state index in [9.17, 15) is 10.1 Å². The van der Waals surface area contributed by atoms with Crippen molar-refractivity contribution in [1.29, 1.82) is 0 Å². The molecule has 0 aliphatic rings. The summed E-state index contributed by atoms with van der Waals surface area (Å²) in [6.45, 7) is 1.74. The van der Waals surface area contributed by atoms with E-state index in [0.29, 0.717) is 15.7 Å². The lowest BCUT2D eigenvalue weighted by Crippen LogP contribution is -1.93. The molecule has 0 spiro atoms. The van der Waals surface area contributed by atoms with Gasteiger partial charge in [0.15, 0.2) is 0 Å². The van der Waals surface area contributed by atoms with E-state index >= 15 is 0 Å². The van der Waals surface area contributed by atoms with Gasteiger partial charge in [0.1, 0.15) is 5.69 Å². The maximum atomic E-state index is 10.7. The van der Waals surface area contributed by atoms with Crippen molar-refractivity contribution in [1.82, 2.24) is 0 Å². The minimum atomic E-state index is -0.486. The lowest BCUT2D eigenvalue weighted by atomic mass is 10.2. The Morgan fingerprint density at radius 3 is 2.79 bits per heavy atom. The summed E-state index contributed by atoms with van der Waals surface area (Å²) < 4.78 is 0.651. The topological polar surface area (TPSA) is 81.5 Å². The Balaban J connectivity index is 3.44. The summed E-state index contributed by atoms with van der Waals surface area (Å²) in [5, 5.41) is 10.7. The minimum absolute atomic E-state index is 0.0569. The van der Waals surface area contributed by atoms with Crippen LogP contribution in [0.4, 0.5) is 11.4 Å². The smallest absolute Gasteiger partial charge is 0.296 e. The lowest BCUT2D eigenvalue weighted by molar-refractivity contribution is -0.384. The van der Waals surface area contributed by atoms with Crippen LogP contribution in [-0.4, -0.2) is 11.3 Å². The number of nitrogens with zero attached hydrogens (tertiary/aromatic N) is 2. The van der Waals surface area contributed by atoms with Gasteiger partial charge in [0.2, 0.25) is 0 Å². The second kappa shape index (κ2) is 4.19. The third-order valence-corrected chi connectivity index (χ3v) is 2.10. The molecule has 0 saturated carbocycles. The van der Waals surface area contributed by atoms with Crippen LogP contribution in [-0.2, 0) is 0 Å². The molecule has 1 aromatic rings. The molecule has 6 heteroatoms. The van der Waals surface area contributed by atoms with E-state index in [1.807, 2.05) is 0 Å². The normalized spacial score (nSPS) is 10.7. The molecule has 0 amide bonds. The molecule has 0 atom stereocenters. The Labute approximate surface area is 88.9 Å². The molecule has 0 aromatic heterocycles. The van der Waals surface area contributed by atoms with Crippen LogP contribution in [0.25, 0.3) is 0 Å². The average molecular weight is 258 g/mol. The van der Waals surface area contributed by atoms with Crippen molar-refractivity contribution in [3.8, 4) is 0 Å². The highest BCUT2D eigenvalue weighted by atomic mass is 79.9. The number of aryl methyl sites for hydroxylation is 1. The third kappa shape index (κ3) is 2.08. The zero-order chi connectivity index (χ0) is 10.7. The number of nitro groups is 1. The van der Waals surface area contributed by atoms with Crippen LogP contribution in [0.5, 0.6) is 0 Å². The molecule has 1 aromatic carbocycles. The van der Waals surface area contributed by atoms with E-state index in [1.165, 1.54) is 6.07 Å². The van der Waals surface area contributed by atoms with Gasteiger partial charge in [-0.2, -0.15) is 0 Å². The Bertz CT molecular complexity index is 404. The first-order valence-corrected chi connectivity index (χ1v) is 4.54. The summed E-state index contributed by atoms with van der Waals surface area (Å²) >= 11 is 3.18. The van der Waals surface area contributed by atoms with Gasteiger partial charge in [0.25, 0.3) is 5.69 Å². The number of hydrogen-bond donors (Lipinski definition) is 1. The fourth-order valence-corrected chi connectivity index (χ4v) is 1.66. The molecule has 0 aliphatic carbocycles. The van der Waals surface area contributed by atoms with Crippen LogP contribution in [0.2, 0.25) is 0 Å². The van der Waals surface area contributed by atoms with Gasteiger partial charge < -0.3 is 5.73 Å². The standard InChI is InChI=1S/C8H8BrN3O2/c1-5-2-6(9)3-7(12(13)14)8(5)11-4-10/h2-4H,1H3,(H2,10,11). The third-order valence-electron chi connectivity index (χ3n) is 1.65. The summed E-state index contributed by atoms with van der Waals surface area (Å²) in [7, 11) is 0. The first-order chi connectivity index (χ1) is 6.56. The highest BCUT2D eigenvalue weighted by Gasteiger charge is 2.16. The van der Waals surface area contributed by atoms with E-state index in [1.54, 1.807) is 13.0 Å². The predicted molar refractivity (Wildman–Crippen MR) is 57.9 cm³/mol. The van der Waals surface area contributed by atoms with Gasteiger partial charge in [-0.3, -0.25) is 10.1 Å². The van der Waals surface area contributed by atoms with E-state index in [-0.39, 0.29) is 5.69 Å². The molecule has 0 bridgehead atoms. The number of hydrogen-bond acceptors (Lipinski definition) is 3. The van der Waals surface area contributed by atoms with E-state index in [0.717, 1.165) is 6.34 Å². The molecule has 14 heavy (non-hydrogen) atoms. The van der Waals surface area contributed by atoms with E-state index < -0.39 is 4.92 Å². The minimum Gasteiger partial charge on any atom is -0.390 e. The Hall–Kier alpha value is -1.43. The van der Waals surface area contributed by atoms with Crippen LogP contribution in [0, 0.1) is 17.0 Å². The number of benzene rings is 1. The zero-order valence-corrected chi connectivity index (χ0v) is 8.98. The molecule has 1 rings (SSSR count). The van der Waals surface area contributed by atoms with Gasteiger partial charge in [-0.15, -0.1) is 0 Å². The van der Waals surface area contributed by atoms with Crippen LogP contribution < -0.4 is 5.73 Å². The highest BCUT2D eigenvalue weighted by molar-refractivity contribution is 9.10. The summed E-state index contributed by atoms with van der Waals surface area (Å²) in [4.78, 5) is 13.9. The monoisotopic (exact) mass is 257 g/mol. The average Bonchev–Trinajstić information content (AvgIpc) is 2.09. The molecule has 0 saturated heterocycles. The molecule has 0 unspecified atom stereocenters. The maximum Gasteiger partial charge on any atom is 0.296 e. The molecule has 5 nitrogen and oxygen atoms in total. The van der Waals surface area contributed by atoms with Gasteiger partial charge in [0, 0.05) is 10.5 Å². The van der Waals surface area contributed by atoms with E-state index in [4.69, 9.17) is 5.73 Å². The predicted octanol–water partition coefficient (Wildman–Crippen LogP) is 2.28. The van der Waals surface area contributed by atoms with Crippen LogP contribution >= 0.6 is 15.9 Å². The van der Waals surface area contributed by atoms with E-state index in [2.05, 4.69) is 20.9 Å². The lowest BCUT2D eigenvalue weighted by Gasteiger charge is -2.01. The molecule has 2 N–H and O–H groups in total. The number of rotatable bonds is 2. The SMILES string of the molecule is Cc1cc(Br)cc([N+](=O)[O-])c1N=CN. The van der Waals surface area contributed by atoms with Crippen molar-refractivity contribution >= 4 is 33.6 Å². The van der Waals surface area contributed by atoms with Crippen LogP contribution in [0.1, 0.15) is 5.56 Å². The number of halogens is 1. The Kier molecular flexibility index (Phi) is 3.19. The molecular weight excluding hydrogens is 250 g/mol. The quantitative estimate of drug-likeness (QED) is 0.382. The number of nitrogens with two attached hydrogens (primary N) is 1. The first-order valence-electron chi connectivity index (χ1n) is 3.75. The maximum absolute atomic E-state index is 10.7. The second-order valence-corrected chi connectivity index (χ2v) is 3.54. The van der Waals surface area contributed by atoms with Gasteiger partial charge >= 0.3 is 0 Å². The van der Waals surface area contributed by atoms with Crippen molar-refractivity contribution in [3.63, 3.8) is 0 Å². The fourth-order valence-electron chi connectivity index (χ4n) is 1.10. The summed E-state index contributed by atoms with van der Waals surface area (Å²) in [6.07, 6.45) is 1.04. The van der Waals surface area contributed by atoms with Crippen LogP contribution in [0.15, 0.2) is 21.6 Å². The van der Waals surface area contributed by atoms with Gasteiger partial charge in [-0.05, 0) is 18.6 Å². The van der Waals surface area contributed by atoms with Crippen molar-refractivity contribution in [2.45, 2.75) is 6.92 Å². The van der Waals surface area contributed by atoms with Gasteiger partial charge in [0.05, 0.1) is 11.3 Å². The molecule has 0 aliphatic heterocycles. The van der Waals surface area contributed by atoms with Crippen molar-refractivity contribution in [2.24, 2.45) is 10.7 Å². The molecule has 0 fully saturated rings. The Morgan fingerprint density at radius 2 is 2.29 bits per heavy atom. The number of aliphatic imine (C=N–C) groups is 1. The van der Waals surface area contributed by atoms with Crippen LogP contribution in [0.3, 0.4) is 0 Å². The Morgan fingerprint density at radius 1 is 1.64 bits per heavy atom. The largest absolute Gasteiger partial charge is 0.390 e. The summed E-state index contributed by atoms with van der Waals surface area (Å²) in [5.41, 5.74) is 6.05. The van der Waals surface area contributed by atoms with Crippen molar-refractivity contribution in [3.05, 3.63) is 32.3 Å². The zero-order valence-electron chi connectivity index (χ0n) is 7.40. The second-order valence-electron chi connectivity index (χ2n) is 2.63. The number of nitro benzene ring substituents is 1. The molecule has 0 heterocycles. The summed E-state index contributed by atoms with van der Waals surface area (Å²) in [6, 6.07) is 3.14. The van der Waals surface area contributed by atoms with Crippen molar-refractivity contribution < 1.29 is 4.92 Å². The highest BCUT2D eigenvalue weighted by Crippen LogP contribution is 2.33. The van der Waals surface area contributed by atoms with Gasteiger partial charge in [-0.25, -0.2) is 4.99 Å². The van der Waals surface area contributed by atoms with Gasteiger partial charge in [-0.1, -0.05) is 15.9 Å². The fraction of sp³-hybridized carbons (Fsp3) is 0.125. The molecule has 74 valence electrons. The molecular formula is C8H8BrN3O2.